The van der Waals surface area contributed by atoms with Gasteiger partial charge in [-0.15, -0.1) is 0 Å². The van der Waals surface area contributed by atoms with Crippen molar-refractivity contribution < 1.29 is 19.1 Å². The molecule has 116 valence electrons. The maximum Gasteiger partial charge on any atom is 0.323 e. The Balaban J connectivity index is 2.43. The standard InChI is InChI=1S/C15H22N2O4/c1-17-10-11(9-16-17)8-15(13(18)20-2,14(19)21-3)12-6-4-5-7-12/h9-10,12H,4-8H2,1-3H3. The summed E-state index contributed by atoms with van der Waals surface area (Å²) in [5.74, 6) is -1.06. The normalized spacial score (nSPS) is 16.0. The lowest BCUT2D eigenvalue weighted by Gasteiger charge is -2.33. The van der Waals surface area contributed by atoms with Gasteiger partial charge in [0.25, 0.3) is 0 Å². The number of methoxy groups -OCH3 is 2. The number of hydrogen-bond donors (Lipinski definition) is 0. The lowest BCUT2D eigenvalue weighted by molar-refractivity contribution is -0.173. The van der Waals surface area contributed by atoms with Crippen LogP contribution in [0.3, 0.4) is 0 Å². The number of aromatic nitrogens is 2. The van der Waals surface area contributed by atoms with Gasteiger partial charge in [-0.1, -0.05) is 12.8 Å². The number of nitrogens with zero attached hydrogens (tertiary/aromatic N) is 2. The van der Waals surface area contributed by atoms with Gasteiger partial charge in [-0.25, -0.2) is 0 Å². The molecule has 6 heteroatoms. The van der Waals surface area contributed by atoms with Crippen LogP contribution in [0.1, 0.15) is 31.2 Å². The van der Waals surface area contributed by atoms with Crippen molar-refractivity contribution in [2.75, 3.05) is 14.2 Å². The van der Waals surface area contributed by atoms with Crippen LogP contribution in [0, 0.1) is 11.3 Å². The Hall–Kier alpha value is -1.85. The molecule has 0 spiro atoms. The summed E-state index contributed by atoms with van der Waals surface area (Å²) in [4.78, 5) is 25.0. The number of aryl methyl sites for hydroxylation is 1. The third kappa shape index (κ3) is 2.80. The summed E-state index contributed by atoms with van der Waals surface area (Å²) in [5, 5.41) is 4.11. The molecule has 1 aromatic rings. The Morgan fingerprint density at radius 3 is 2.29 bits per heavy atom. The molecule has 0 radical (unpaired) electrons. The molecule has 2 rings (SSSR count). The molecule has 0 unspecified atom stereocenters. The first-order chi connectivity index (χ1) is 10.0. The van der Waals surface area contributed by atoms with Gasteiger partial charge in [-0.3, -0.25) is 14.3 Å². The molecule has 1 saturated carbocycles. The average Bonchev–Trinajstić information content (AvgIpc) is 3.14. The van der Waals surface area contributed by atoms with Gasteiger partial charge in [0.1, 0.15) is 0 Å². The van der Waals surface area contributed by atoms with Crippen LogP contribution in [0.5, 0.6) is 0 Å². The van der Waals surface area contributed by atoms with E-state index in [2.05, 4.69) is 5.10 Å². The van der Waals surface area contributed by atoms with Crippen LogP contribution in [0.25, 0.3) is 0 Å². The first kappa shape index (κ1) is 15.5. The largest absolute Gasteiger partial charge is 0.468 e. The van der Waals surface area contributed by atoms with Crippen LogP contribution in [0.2, 0.25) is 0 Å². The Bertz CT molecular complexity index is 501. The highest BCUT2D eigenvalue weighted by atomic mass is 16.5. The van der Waals surface area contributed by atoms with Crippen LogP contribution in [-0.2, 0) is 32.5 Å². The highest BCUT2D eigenvalue weighted by Crippen LogP contribution is 2.44. The van der Waals surface area contributed by atoms with Crippen LogP contribution in [0.4, 0.5) is 0 Å². The fourth-order valence-corrected chi connectivity index (χ4v) is 3.37. The van der Waals surface area contributed by atoms with Gasteiger partial charge in [-0.05, 0) is 24.3 Å². The third-order valence-electron chi connectivity index (χ3n) is 4.39. The molecule has 6 nitrogen and oxygen atoms in total. The Labute approximate surface area is 124 Å². The van der Waals surface area contributed by atoms with Gasteiger partial charge in [0.15, 0.2) is 5.41 Å². The number of esters is 2. The van der Waals surface area contributed by atoms with Crippen molar-refractivity contribution >= 4 is 11.9 Å². The third-order valence-corrected chi connectivity index (χ3v) is 4.39. The van der Waals surface area contributed by atoms with Crippen LogP contribution in [0.15, 0.2) is 12.4 Å². The summed E-state index contributed by atoms with van der Waals surface area (Å²) in [6, 6.07) is 0. The second-order valence-electron chi connectivity index (χ2n) is 5.63. The molecular formula is C15H22N2O4. The van der Waals surface area contributed by atoms with Crippen molar-refractivity contribution in [1.82, 2.24) is 9.78 Å². The van der Waals surface area contributed by atoms with E-state index in [-0.39, 0.29) is 12.3 Å². The first-order valence-corrected chi connectivity index (χ1v) is 7.19. The summed E-state index contributed by atoms with van der Waals surface area (Å²) in [7, 11) is 4.44. The van der Waals surface area contributed by atoms with Crippen molar-refractivity contribution in [3.63, 3.8) is 0 Å². The van der Waals surface area contributed by atoms with Crippen molar-refractivity contribution in [3.05, 3.63) is 18.0 Å². The van der Waals surface area contributed by atoms with Crippen molar-refractivity contribution in [2.45, 2.75) is 32.1 Å². The predicted octanol–water partition coefficient (Wildman–Crippen LogP) is 1.49. The maximum atomic E-state index is 12.5. The molecule has 0 saturated heterocycles. The summed E-state index contributed by atoms with van der Waals surface area (Å²) >= 11 is 0. The number of carbonyl (C=O) groups excluding carboxylic acids is 2. The molecule has 21 heavy (non-hydrogen) atoms. The number of rotatable bonds is 5. The molecule has 0 aliphatic heterocycles. The molecule has 0 aromatic carbocycles. The zero-order valence-electron chi connectivity index (χ0n) is 12.8. The van der Waals surface area contributed by atoms with Gasteiger partial charge in [0.2, 0.25) is 0 Å². The van der Waals surface area contributed by atoms with Crippen LogP contribution >= 0.6 is 0 Å². The Morgan fingerprint density at radius 1 is 1.29 bits per heavy atom. The quantitative estimate of drug-likeness (QED) is 0.608. The zero-order chi connectivity index (χ0) is 15.5. The van der Waals surface area contributed by atoms with E-state index in [1.165, 1.54) is 14.2 Å². The van der Waals surface area contributed by atoms with Crippen molar-refractivity contribution in [1.29, 1.82) is 0 Å². The fraction of sp³-hybridized carbons (Fsp3) is 0.667. The Kier molecular flexibility index (Phi) is 4.65. The SMILES string of the molecule is COC(=O)C(Cc1cnn(C)c1)(C(=O)OC)C1CCCC1. The van der Waals surface area contributed by atoms with E-state index in [0.29, 0.717) is 0 Å². The zero-order valence-corrected chi connectivity index (χ0v) is 12.8. The predicted molar refractivity (Wildman–Crippen MR) is 75.3 cm³/mol. The fourth-order valence-electron chi connectivity index (χ4n) is 3.37. The van der Waals surface area contributed by atoms with E-state index in [0.717, 1.165) is 31.2 Å². The van der Waals surface area contributed by atoms with Gasteiger partial charge in [0.05, 0.1) is 20.4 Å². The molecule has 0 bridgehead atoms. The molecular weight excluding hydrogens is 272 g/mol. The summed E-state index contributed by atoms with van der Waals surface area (Å²) < 4.78 is 11.6. The summed E-state index contributed by atoms with van der Waals surface area (Å²) in [6.07, 6.45) is 7.48. The van der Waals surface area contributed by atoms with E-state index in [1.54, 1.807) is 17.9 Å². The molecule has 0 atom stereocenters. The van der Waals surface area contributed by atoms with Crippen LogP contribution < -0.4 is 0 Å². The Morgan fingerprint density at radius 2 is 1.86 bits per heavy atom. The van der Waals surface area contributed by atoms with Gasteiger partial charge < -0.3 is 9.47 Å². The number of carbonyl (C=O) groups is 2. The van der Waals surface area contributed by atoms with Gasteiger partial charge >= 0.3 is 11.9 Å². The molecule has 0 amide bonds. The summed E-state index contributed by atoms with van der Waals surface area (Å²) in [6.45, 7) is 0. The molecule has 1 aromatic heterocycles. The minimum Gasteiger partial charge on any atom is -0.468 e. The van der Waals surface area contributed by atoms with Gasteiger partial charge in [0, 0.05) is 19.7 Å². The monoisotopic (exact) mass is 294 g/mol. The molecule has 1 fully saturated rings. The van der Waals surface area contributed by atoms with E-state index in [4.69, 9.17) is 9.47 Å². The molecule has 0 N–H and O–H groups in total. The summed E-state index contributed by atoms with van der Waals surface area (Å²) in [5.41, 5.74) is -0.427. The smallest absolute Gasteiger partial charge is 0.323 e. The van der Waals surface area contributed by atoms with Crippen molar-refractivity contribution in [2.24, 2.45) is 18.4 Å². The lowest BCUT2D eigenvalue weighted by Crippen LogP contribution is -2.48. The second-order valence-corrected chi connectivity index (χ2v) is 5.63. The minimum absolute atomic E-state index is 0.0439. The number of hydrogen-bond acceptors (Lipinski definition) is 5. The molecule has 1 aliphatic rings. The number of ether oxygens (including phenoxy) is 2. The maximum absolute atomic E-state index is 12.5. The van der Waals surface area contributed by atoms with E-state index < -0.39 is 17.4 Å². The molecule has 1 aliphatic carbocycles. The van der Waals surface area contributed by atoms with Crippen LogP contribution in [-0.4, -0.2) is 35.9 Å². The highest BCUT2D eigenvalue weighted by molar-refractivity contribution is 6.00. The second kappa shape index (κ2) is 6.28. The molecule has 1 heterocycles. The first-order valence-electron chi connectivity index (χ1n) is 7.19. The van der Waals surface area contributed by atoms with E-state index in [1.807, 2.05) is 6.20 Å². The topological polar surface area (TPSA) is 70.4 Å². The average molecular weight is 294 g/mol. The lowest BCUT2D eigenvalue weighted by atomic mass is 9.70. The van der Waals surface area contributed by atoms with E-state index >= 15 is 0 Å². The highest BCUT2D eigenvalue weighted by Gasteiger charge is 2.55. The van der Waals surface area contributed by atoms with Crippen molar-refractivity contribution in [3.8, 4) is 0 Å². The van der Waals surface area contributed by atoms with Gasteiger partial charge in [-0.2, -0.15) is 5.10 Å². The minimum atomic E-state index is -1.26. The van der Waals surface area contributed by atoms with E-state index in [9.17, 15) is 9.59 Å².